The van der Waals surface area contributed by atoms with Gasteiger partial charge in [0.2, 0.25) is 0 Å². The monoisotopic (exact) mass is 390 g/mol. The maximum Gasteiger partial charge on any atom is 0.0900 e. The van der Waals surface area contributed by atoms with Crippen LogP contribution in [0.1, 0.15) is 25.0 Å². The summed E-state index contributed by atoms with van der Waals surface area (Å²) < 4.78 is 0. The number of allylic oxidation sites excluding steroid dienone is 2. The van der Waals surface area contributed by atoms with E-state index in [-0.39, 0.29) is 0 Å². The van der Waals surface area contributed by atoms with Gasteiger partial charge in [0.1, 0.15) is 0 Å². The summed E-state index contributed by atoms with van der Waals surface area (Å²) in [7, 11) is 0. The number of hydrogen-bond acceptors (Lipinski definition) is 4. The van der Waals surface area contributed by atoms with Crippen molar-refractivity contribution in [1.82, 2.24) is 19.9 Å². The number of hydrogen-bond donors (Lipinski definition) is 0. The van der Waals surface area contributed by atoms with E-state index in [1.807, 2.05) is 74.5 Å². The normalized spacial score (nSPS) is 10.6. The van der Waals surface area contributed by atoms with Crippen molar-refractivity contribution in [2.75, 3.05) is 0 Å². The minimum atomic E-state index is 0.769. The summed E-state index contributed by atoms with van der Waals surface area (Å²) in [5, 5.41) is 0. The Balaban J connectivity index is 1.84. The van der Waals surface area contributed by atoms with Gasteiger partial charge < -0.3 is 0 Å². The minimum absolute atomic E-state index is 0.769. The maximum atomic E-state index is 4.88. The first-order valence-electron chi connectivity index (χ1n) is 9.70. The lowest BCUT2D eigenvalue weighted by Gasteiger charge is -2.10. The molecule has 0 spiro atoms. The lowest BCUT2D eigenvalue weighted by Crippen LogP contribution is -1.96. The van der Waals surface area contributed by atoms with Crippen molar-refractivity contribution >= 4 is 11.1 Å². The highest BCUT2D eigenvalue weighted by Crippen LogP contribution is 2.28. The topological polar surface area (TPSA) is 51.6 Å². The Hall–Kier alpha value is -3.92. The van der Waals surface area contributed by atoms with Crippen molar-refractivity contribution in [3.05, 3.63) is 97.3 Å². The van der Waals surface area contributed by atoms with Crippen LogP contribution in [0.3, 0.4) is 0 Å². The molecule has 0 aromatic carbocycles. The van der Waals surface area contributed by atoms with Crippen LogP contribution in [0.5, 0.6) is 0 Å². The van der Waals surface area contributed by atoms with Crippen molar-refractivity contribution in [2.45, 2.75) is 13.8 Å². The van der Waals surface area contributed by atoms with E-state index in [1.165, 1.54) is 0 Å². The van der Waals surface area contributed by atoms with Crippen LogP contribution in [0.15, 0.2) is 86.2 Å². The third-order valence-electron chi connectivity index (χ3n) is 4.77. The number of nitrogens with zero attached hydrogens (tertiary/aromatic N) is 4. The van der Waals surface area contributed by atoms with Gasteiger partial charge in [0.25, 0.3) is 0 Å². The van der Waals surface area contributed by atoms with Gasteiger partial charge in [0.05, 0.1) is 34.2 Å². The zero-order valence-electron chi connectivity index (χ0n) is 17.1. The number of rotatable bonds is 5. The van der Waals surface area contributed by atoms with Crippen molar-refractivity contribution < 1.29 is 0 Å². The predicted molar refractivity (Wildman–Crippen MR) is 123 cm³/mol. The van der Waals surface area contributed by atoms with Crippen LogP contribution in [0, 0.1) is 0 Å². The predicted octanol–water partition coefficient (Wildman–Crippen LogP) is 6.33. The first-order chi connectivity index (χ1) is 14.5. The molecule has 4 nitrogen and oxygen atoms in total. The number of pyridine rings is 4. The fourth-order valence-corrected chi connectivity index (χ4v) is 3.11. The average Bonchev–Trinajstić information content (AvgIpc) is 2.79. The lowest BCUT2D eigenvalue weighted by molar-refractivity contribution is 1.20. The molecule has 0 aliphatic rings. The zero-order chi connectivity index (χ0) is 21.1. The minimum Gasteiger partial charge on any atom is -0.255 e. The molecule has 0 unspecified atom stereocenters. The third kappa shape index (κ3) is 4.08. The molecule has 0 aliphatic heterocycles. The van der Waals surface area contributed by atoms with Crippen LogP contribution in [-0.4, -0.2) is 19.9 Å². The molecule has 4 aromatic rings. The molecule has 0 amide bonds. The molecule has 30 heavy (non-hydrogen) atoms. The molecule has 4 heteroatoms. The summed E-state index contributed by atoms with van der Waals surface area (Å²) in [4.78, 5) is 18.6. The van der Waals surface area contributed by atoms with Gasteiger partial charge in [0.15, 0.2) is 0 Å². The standard InChI is InChI=1S/C26H22N4/c1-17(2)19-11-13-28-24(14-19)26-16-20(18(3)4)15-25(30-26)23-10-7-9-22(29-23)21-8-5-6-12-27-21/h5-16H,1,3H2,2,4H3. The smallest absolute Gasteiger partial charge is 0.0900 e. The molecule has 4 rings (SSSR count). The molecular weight excluding hydrogens is 368 g/mol. The Morgan fingerprint density at radius 3 is 1.80 bits per heavy atom. The molecule has 0 bridgehead atoms. The Morgan fingerprint density at radius 1 is 0.567 bits per heavy atom. The van der Waals surface area contributed by atoms with Crippen LogP contribution < -0.4 is 0 Å². The van der Waals surface area contributed by atoms with Gasteiger partial charge in [-0.1, -0.05) is 36.4 Å². The summed E-state index contributed by atoms with van der Waals surface area (Å²) in [6, 6.07) is 19.7. The fourth-order valence-electron chi connectivity index (χ4n) is 3.11. The fraction of sp³-hybridized carbons (Fsp3) is 0.0769. The lowest BCUT2D eigenvalue weighted by atomic mass is 10.0. The second-order valence-corrected chi connectivity index (χ2v) is 7.24. The van der Waals surface area contributed by atoms with Crippen LogP contribution in [0.4, 0.5) is 0 Å². The second kappa shape index (κ2) is 8.21. The van der Waals surface area contributed by atoms with Crippen LogP contribution in [0.2, 0.25) is 0 Å². The van der Waals surface area contributed by atoms with E-state index >= 15 is 0 Å². The molecular formula is C26H22N4. The molecule has 0 aliphatic carbocycles. The molecule has 0 atom stereocenters. The van der Waals surface area contributed by atoms with Crippen molar-refractivity contribution in [3.63, 3.8) is 0 Å². The molecule has 4 heterocycles. The highest BCUT2D eigenvalue weighted by Gasteiger charge is 2.11. The SMILES string of the molecule is C=C(C)c1ccnc(-c2cc(C(=C)C)cc(-c3cccc(-c4ccccn4)n3)n2)c1. The highest BCUT2D eigenvalue weighted by molar-refractivity contribution is 5.74. The van der Waals surface area contributed by atoms with Crippen LogP contribution in [0.25, 0.3) is 45.3 Å². The van der Waals surface area contributed by atoms with Gasteiger partial charge >= 0.3 is 0 Å². The molecule has 0 radical (unpaired) electrons. The molecule has 0 saturated heterocycles. The molecule has 0 fully saturated rings. The third-order valence-corrected chi connectivity index (χ3v) is 4.77. The Morgan fingerprint density at radius 2 is 1.13 bits per heavy atom. The van der Waals surface area contributed by atoms with E-state index < -0.39 is 0 Å². The first kappa shape index (κ1) is 19.4. The number of aromatic nitrogens is 4. The second-order valence-electron chi connectivity index (χ2n) is 7.24. The van der Waals surface area contributed by atoms with E-state index in [9.17, 15) is 0 Å². The summed E-state index contributed by atoms with van der Waals surface area (Å²) in [5.41, 5.74) is 8.73. The summed E-state index contributed by atoms with van der Waals surface area (Å²) in [6.45, 7) is 12.1. The van der Waals surface area contributed by atoms with E-state index in [0.29, 0.717) is 0 Å². The van der Waals surface area contributed by atoms with Crippen LogP contribution in [-0.2, 0) is 0 Å². The van der Waals surface area contributed by atoms with Gasteiger partial charge in [-0.15, -0.1) is 0 Å². The Kier molecular flexibility index (Phi) is 5.31. The van der Waals surface area contributed by atoms with Crippen LogP contribution >= 0.6 is 0 Å². The van der Waals surface area contributed by atoms with E-state index in [2.05, 4.69) is 23.1 Å². The van der Waals surface area contributed by atoms with E-state index in [0.717, 1.165) is 56.4 Å². The average molecular weight is 390 g/mol. The first-order valence-corrected chi connectivity index (χ1v) is 9.70. The van der Waals surface area contributed by atoms with Gasteiger partial charge in [0, 0.05) is 12.4 Å². The quantitative estimate of drug-likeness (QED) is 0.399. The maximum absolute atomic E-state index is 4.88. The summed E-state index contributed by atoms with van der Waals surface area (Å²) in [6.07, 6.45) is 3.55. The molecule has 0 saturated carbocycles. The Labute approximate surface area is 176 Å². The molecule has 146 valence electrons. The van der Waals surface area contributed by atoms with Gasteiger partial charge in [-0.2, -0.15) is 0 Å². The van der Waals surface area contributed by atoms with Gasteiger partial charge in [-0.05, 0) is 73.5 Å². The highest BCUT2D eigenvalue weighted by atomic mass is 14.8. The Bertz CT molecular complexity index is 1240. The van der Waals surface area contributed by atoms with E-state index in [1.54, 1.807) is 12.4 Å². The van der Waals surface area contributed by atoms with Gasteiger partial charge in [-0.25, -0.2) is 9.97 Å². The van der Waals surface area contributed by atoms with Crippen molar-refractivity contribution in [1.29, 1.82) is 0 Å². The van der Waals surface area contributed by atoms with E-state index in [4.69, 9.17) is 9.97 Å². The van der Waals surface area contributed by atoms with Crippen molar-refractivity contribution in [3.8, 4) is 34.2 Å². The van der Waals surface area contributed by atoms with Gasteiger partial charge in [-0.3, -0.25) is 9.97 Å². The molecule has 0 N–H and O–H groups in total. The molecule has 4 aromatic heterocycles. The largest absolute Gasteiger partial charge is 0.255 e. The zero-order valence-corrected chi connectivity index (χ0v) is 17.1. The summed E-state index contributed by atoms with van der Waals surface area (Å²) in [5.74, 6) is 0. The summed E-state index contributed by atoms with van der Waals surface area (Å²) >= 11 is 0. The van der Waals surface area contributed by atoms with Crippen molar-refractivity contribution in [2.24, 2.45) is 0 Å².